The summed E-state index contributed by atoms with van der Waals surface area (Å²) in [4.78, 5) is 0. The third kappa shape index (κ3) is 6.99. The zero-order chi connectivity index (χ0) is 11.9. The number of hydrogen-bond donors (Lipinski definition) is 0. The van der Waals surface area contributed by atoms with Gasteiger partial charge in [0, 0.05) is 0 Å². The first-order valence-electron chi connectivity index (χ1n) is 6.60. The SMILES string of the molecule is CCCCCC/C=C(/B(C)C)[Si](C)(C)C. The van der Waals surface area contributed by atoms with Crippen molar-refractivity contribution in [3.63, 3.8) is 0 Å². The van der Waals surface area contributed by atoms with Crippen molar-refractivity contribution in [3.8, 4) is 0 Å². The number of allylic oxidation sites excluding steroid dienone is 1. The van der Waals surface area contributed by atoms with E-state index < -0.39 is 8.07 Å². The van der Waals surface area contributed by atoms with Crippen LogP contribution >= 0.6 is 0 Å². The van der Waals surface area contributed by atoms with Crippen LogP contribution in [-0.4, -0.2) is 14.8 Å². The van der Waals surface area contributed by atoms with Crippen LogP contribution in [0.3, 0.4) is 0 Å². The summed E-state index contributed by atoms with van der Waals surface area (Å²) in [6.07, 6.45) is 9.38. The van der Waals surface area contributed by atoms with Gasteiger partial charge in [-0.3, -0.25) is 0 Å². The van der Waals surface area contributed by atoms with Gasteiger partial charge < -0.3 is 0 Å². The lowest BCUT2D eigenvalue weighted by Gasteiger charge is -2.23. The van der Waals surface area contributed by atoms with Crippen molar-refractivity contribution < 1.29 is 0 Å². The molecule has 0 bridgehead atoms. The monoisotopic (exact) mass is 224 g/mol. The summed E-state index contributed by atoms with van der Waals surface area (Å²) in [5.74, 6) is 0. The van der Waals surface area contributed by atoms with Crippen molar-refractivity contribution in [2.45, 2.75) is 72.3 Å². The normalized spacial score (nSPS) is 13.1. The molecule has 0 aromatic rings. The van der Waals surface area contributed by atoms with Crippen LogP contribution < -0.4 is 0 Å². The second kappa shape index (κ2) is 7.32. The molecule has 0 aliphatic carbocycles. The Labute approximate surface area is 98.6 Å². The molecular formula is C13H29BSi. The van der Waals surface area contributed by atoms with Gasteiger partial charge in [-0.05, 0) is 12.8 Å². The van der Waals surface area contributed by atoms with Crippen LogP contribution in [0.25, 0.3) is 0 Å². The number of unbranched alkanes of at least 4 members (excludes halogenated alkanes) is 4. The van der Waals surface area contributed by atoms with E-state index in [0.29, 0.717) is 0 Å². The highest BCUT2D eigenvalue weighted by Crippen LogP contribution is 2.19. The van der Waals surface area contributed by atoms with Crippen LogP contribution in [0.5, 0.6) is 0 Å². The molecular weight excluding hydrogens is 195 g/mol. The maximum absolute atomic E-state index is 2.55. The summed E-state index contributed by atoms with van der Waals surface area (Å²) < 4.78 is 0. The van der Waals surface area contributed by atoms with Crippen LogP contribution in [0.15, 0.2) is 11.2 Å². The highest BCUT2D eigenvalue weighted by atomic mass is 28.3. The zero-order valence-corrected chi connectivity index (χ0v) is 12.7. The molecule has 0 nitrogen and oxygen atoms in total. The fourth-order valence-corrected chi connectivity index (χ4v) is 4.73. The Hall–Kier alpha value is 0.0218. The van der Waals surface area contributed by atoms with E-state index in [0.717, 1.165) is 6.71 Å². The summed E-state index contributed by atoms with van der Waals surface area (Å²) >= 11 is 0. The van der Waals surface area contributed by atoms with Gasteiger partial charge in [0.05, 0.1) is 8.07 Å². The van der Waals surface area contributed by atoms with Crippen molar-refractivity contribution in [2.24, 2.45) is 0 Å². The van der Waals surface area contributed by atoms with Crippen LogP contribution in [0.2, 0.25) is 33.3 Å². The molecule has 0 fully saturated rings. The molecule has 0 aliphatic rings. The summed E-state index contributed by atoms with van der Waals surface area (Å²) in [5, 5.41) is 1.76. The van der Waals surface area contributed by atoms with Crippen LogP contribution in [0.1, 0.15) is 39.0 Å². The highest BCUT2D eigenvalue weighted by Gasteiger charge is 2.22. The maximum Gasteiger partial charge on any atom is 0.159 e. The molecule has 0 saturated carbocycles. The van der Waals surface area contributed by atoms with E-state index in [1.807, 2.05) is 0 Å². The Morgan fingerprint density at radius 2 is 1.67 bits per heavy atom. The summed E-state index contributed by atoms with van der Waals surface area (Å²) in [6, 6.07) is 0. The minimum atomic E-state index is -1.06. The van der Waals surface area contributed by atoms with Gasteiger partial charge in [-0.2, -0.15) is 0 Å². The molecule has 0 saturated heterocycles. The molecule has 88 valence electrons. The predicted octanol–water partition coefficient (Wildman–Crippen LogP) is 5.05. The number of hydrogen-bond acceptors (Lipinski definition) is 0. The Bertz CT molecular complexity index is 189. The molecule has 0 radical (unpaired) electrons. The Balaban J connectivity index is 4.09. The fourth-order valence-electron chi connectivity index (χ4n) is 2.24. The van der Waals surface area contributed by atoms with Crippen molar-refractivity contribution >= 4 is 14.8 Å². The third-order valence-corrected chi connectivity index (χ3v) is 5.42. The molecule has 2 heteroatoms. The standard InChI is InChI=1S/C13H29BSi/c1-7-8-9-10-11-12-13(14(2)3)15(4,5)6/h12H,7-11H2,1-6H3/b13-12-. The van der Waals surface area contributed by atoms with Gasteiger partial charge in [0.1, 0.15) is 0 Å². The van der Waals surface area contributed by atoms with Crippen LogP contribution in [-0.2, 0) is 0 Å². The van der Waals surface area contributed by atoms with E-state index in [2.05, 4.69) is 46.3 Å². The van der Waals surface area contributed by atoms with E-state index in [1.165, 1.54) is 32.1 Å². The average Bonchev–Trinajstić information content (AvgIpc) is 2.08. The van der Waals surface area contributed by atoms with Gasteiger partial charge in [0.2, 0.25) is 0 Å². The molecule has 0 N–H and O–H groups in total. The summed E-state index contributed by atoms with van der Waals surface area (Å²) in [7, 11) is -1.06. The molecule has 0 amide bonds. The quantitative estimate of drug-likeness (QED) is 0.419. The van der Waals surface area contributed by atoms with Crippen molar-refractivity contribution in [1.29, 1.82) is 0 Å². The molecule has 0 rings (SSSR count). The smallest absolute Gasteiger partial charge is 0.115 e. The lowest BCUT2D eigenvalue weighted by molar-refractivity contribution is 0.674. The Kier molecular flexibility index (Phi) is 7.33. The van der Waals surface area contributed by atoms with Crippen molar-refractivity contribution in [3.05, 3.63) is 11.2 Å². The molecule has 15 heavy (non-hydrogen) atoms. The lowest BCUT2D eigenvalue weighted by Crippen LogP contribution is -2.31. The average molecular weight is 224 g/mol. The second-order valence-corrected chi connectivity index (χ2v) is 11.0. The third-order valence-electron chi connectivity index (χ3n) is 2.91. The first-order chi connectivity index (χ1) is 6.89. The van der Waals surface area contributed by atoms with E-state index in [-0.39, 0.29) is 0 Å². The van der Waals surface area contributed by atoms with Gasteiger partial charge in [0.15, 0.2) is 6.71 Å². The van der Waals surface area contributed by atoms with Crippen molar-refractivity contribution in [1.82, 2.24) is 0 Å². The largest absolute Gasteiger partial charge is 0.159 e. The second-order valence-electron chi connectivity index (χ2n) is 5.91. The zero-order valence-electron chi connectivity index (χ0n) is 11.7. The Morgan fingerprint density at radius 3 is 2.07 bits per heavy atom. The van der Waals surface area contributed by atoms with Crippen LogP contribution in [0.4, 0.5) is 0 Å². The highest BCUT2D eigenvalue weighted by molar-refractivity contribution is 6.97. The van der Waals surface area contributed by atoms with Gasteiger partial charge >= 0.3 is 0 Å². The molecule has 0 aromatic carbocycles. The molecule has 0 atom stereocenters. The minimum absolute atomic E-state index is 0.753. The lowest BCUT2D eigenvalue weighted by atomic mass is 9.54. The van der Waals surface area contributed by atoms with Gasteiger partial charge in [-0.15, -0.1) is 5.10 Å². The maximum atomic E-state index is 2.55. The number of rotatable bonds is 7. The van der Waals surface area contributed by atoms with E-state index >= 15 is 0 Å². The molecule has 0 aliphatic heterocycles. The van der Waals surface area contributed by atoms with Crippen molar-refractivity contribution in [2.75, 3.05) is 0 Å². The predicted molar refractivity (Wildman–Crippen MR) is 77.7 cm³/mol. The molecule has 0 unspecified atom stereocenters. The topological polar surface area (TPSA) is 0 Å². The summed E-state index contributed by atoms with van der Waals surface area (Å²) in [6.45, 7) is 15.1. The van der Waals surface area contributed by atoms with Gasteiger partial charge in [-0.1, -0.05) is 65.5 Å². The first-order valence-corrected chi connectivity index (χ1v) is 10.1. The molecule has 0 heterocycles. The minimum Gasteiger partial charge on any atom is -0.115 e. The molecule has 0 spiro atoms. The molecule has 0 aromatic heterocycles. The van der Waals surface area contributed by atoms with Gasteiger partial charge in [0.25, 0.3) is 0 Å². The van der Waals surface area contributed by atoms with E-state index in [4.69, 9.17) is 0 Å². The van der Waals surface area contributed by atoms with Gasteiger partial charge in [-0.25, -0.2) is 0 Å². The Morgan fingerprint density at radius 1 is 1.07 bits per heavy atom. The van der Waals surface area contributed by atoms with Crippen LogP contribution in [0, 0.1) is 0 Å². The van der Waals surface area contributed by atoms with E-state index in [1.54, 1.807) is 5.10 Å². The first kappa shape index (κ1) is 15.0. The van der Waals surface area contributed by atoms with E-state index in [9.17, 15) is 0 Å². The fraction of sp³-hybridized carbons (Fsp3) is 0.846. The summed E-state index contributed by atoms with van der Waals surface area (Å²) in [5.41, 5.74) is 0.